The summed E-state index contributed by atoms with van der Waals surface area (Å²) in [7, 11) is 1.66. The van der Waals surface area contributed by atoms with Crippen molar-refractivity contribution in [2.24, 2.45) is 0 Å². The molecule has 1 aromatic carbocycles. The maximum atomic E-state index is 10.9. The molecule has 3 nitrogen and oxygen atoms in total. The predicted octanol–water partition coefficient (Wildman–Crippen LogP) is 3.63. The van der Waals surface area contributed by atoms with E-state index in [2.05, 4.69) is 32.6 Å². The second-order valence-corrected chi connectivity index (χ2v) is 5.16. The second-order valence-electron chi connectivity index (χ2n) is 5.16. The molecule has 0 aliphatic heterocycles. The molecule has 0 amide bonds. The lowest BCUT2D eigenvalue weighted by Crippen LogP contribution is -2.52. The highest BCUT2D eigenvalue weighted by atomic mass is 16.5. The van der Waals surface area contributed by atoms with Crippen LogP contribution in [0.15, 0.2) is 24.3 Å². The van der Waals surface area contributed by atoms with Gasteiger partial charge in [-0.25, -0.2) is 0 Å². The lowest BCUT2D eigenvalue weighted by molar-refractivity contribution is -0.0366. The van der Waals surface area contributed by atoms with Crippen LogP contribution in [0, 0.1) is 0 Å². The third-order valence-corrected chi connectivity index (χ3v) is 4.56. The van der Waals surface area contributed by atoms with Gasteiger partial charge in [0.25, 0.3) is 0 Å². The molecule has 0 aliphatic rings. The molecule has 0 heterocycles. The van der Waals surface area contributed by atoms with Gasteiger partial charge in [-0.05, 0) is 43.6 Å². The minimum absolute atomic E-state index is 0.196. The fraction of sp³-hybridized carbons (Fsp3) is 0.647. The third kappa shape index (κ3) is 3.15. The van der Waals surface area contributed by atoms with Gasteiger partial charge in [-0.15, -0.1) is 0 Å². The number of nitrogens with zero attached hydrogens (tertiary/aromatic N) is 1. The lowest BCUT2D eigenvalue weighted by Gasteiger charge is -2.46. The molecule has 114 valence electrons. The van der Waals surface area contributed by atoms with E-state index in [1.165, 1.54) is 0 Å². The highest BCUT2D eigenvalue weighted by Crippen LogP contribution is 2.37. The normalized spacial score (nSPS) is 13.6. The van der Waals surface area contributed by atoms with Crippen molar-refractivity contribution in [3.63, 3.8) is 0 Å². The van der Waals surface area contributed by atoms with Crippen molar-refractivity contribution < 1.29 is 9.84 Å². The number of aliphatic hydroxyl groups excluding tert-OH is 1. The summed E-state index contributed by atoms with van der Waals surface area (Å²) in [5.74, 6) is 0.822. The van der Waals surface area contributed by atoms with Crippen LogP contribution in [0.5, 0.6) is 5.75 Å². The number of ether oxygens (including phenoxy) is 1. The number of methoxy groups -OCH3 is 1. The number of aliphatic hydroxyl groups is 1. The van der Waals surface area contributed by atoms with Crippen LogP contribution in [0.1, 0.15) is 52.2 Å². The van der Waals surface area contributed by atoms with Crippen molar-refractivity contribution in [3.8, 4) is 5.75 Å². The van der Waals surface area contributed by atoms with Crippen LogP contribution in [-0.4, -0.2) is 35.7 Å². The van der Waals surface area contributed by atoms with E-state index in [0.29, 0.717) is 0 Å². The average molecular weight is 279 g/mol. The van der Waals surface area contributed by atoms with Gasteiger partial charge in [-0.1, -0.05) is 39.8 Å². The molecule has 0 aromatic heterocycles. The van der Waals surface area contributed by atoms with Crippen LogP contribution in [-0.2, 0) is 0 Å². The van der Waals surface area contributed by atoms with Gasteiger partial charge in [0.05, 0.1) is 18.8 Å². The smallest absolute Gasteiger partial charge is 0.118 e. The van der Waals surface area contributed by atoms with Gasteiger partial charge in [-0.3, -0.25) is 4.90 Å². The summed E-state index contributed by atoms with van der Waals surface area (Å²) in [5, 5.41) is 10.9. The zero-order valence-electron chi connectivity index (χ0n) is 13.5. The Hall–Kier alpha value is -1.06. The van der Waals surface area contributed by atoms with E-state index in [4.69, 9.17) is 4.74 Å². The molecular weight excluding hydrogens is 250 g/mol. The molecule has 0 radical (unpaired) electrons. The van der Waals surface area contributed by atoms with Crippen molar-refractivity contribution in [2.75, 3.05) is 20.2 Å². The number of hydrogen-bond donors (Lipinski definition) is 1. The monoisotopic (exact) mass is 279 g/mol. The van der Waals surface area contributed by atoms with Gasteiger partial charge < -0.3 is 9.84 Å². The maximum absolute atomic E-state index is 10.9. The summed E-state index contributed by atoms with van der Waals surface area (Å²) < 4.78 is 5.18. The summed E-state index contributed by atoms with van der Waals surface area (Å²) in [6.45, 7) is 10.5. The Kier molecular flexibility index (Phi) is 6.50. The van der Waals surface area contributed by atoms with Crippen LogP contribution in [0.3, 0.4) is 0 Å². The Morgan fingerprint density at radius 1 is 1.05 bits per heavy atom. The Morgan fingerprint density at radius 3 is 1.90 bits per heavy atom. The topological polar surface area (TPSA) is 32.7 Å². The van der Waals surface area contributed by atoms with Crippen molar-refractivity contribution >= 4 is 0 Å². The first-order chi connectivity index (χ1) is 9.59. The molecule has 1 aromatic rings. The van der Waals surface area contributed by atoms with Crippen LogP contribution < -0.4 is 4.74 Å². The Balaban J connectivity index is 3.12. The molecule has 0 saturated heterocycles. The zero-order chi connectivity index (χ0) is 15.2. The predicted molar refractivity (Wildman–Crippen MR) is 84.2 cm³/mol. The van der Waals surface area contributed by atoms with Gasteiger partial charge in [0, 0.05) is 0 Å². The summed E-state index contributed by atoms with van der Waals surface area (Å²) in [5.41, 5.74) is 0.763. The Labute approximate surface area is 123 Å². The number of rotatable bonds is 8. The quantitative estimate of drug-likeness (QED) is 0.788. The Bertz CT molecular complexity index is 380. The summed E-state index contributed by atoms with van der Waals surface area (Å²) in [6.07, 6.45) is 1.37. The first-order valence-corrected chi connectivity index (χ1v) is 7.66. The zero-order valence-corrected chi connectivity index (χ0v) is 13.5. The van der Waals surface area contributed by atoms with Gasteiger partial charge in [0.15, 0.2) is 0 Å². The molecule has 3 heteroatoms. The molecule has 0 aliphatic carbocycles. The summed E-state index contributed by atoms with van der Waals surface area (Å²) in [6, 6.07) is 7.76. The van der Waals surface area contributed by atoms with Crippen LogP contribution in [0.4, 0.5) is 0 Å². The standard InChI is InChI=1S/C17H29NO2/c1-6-17(7-2,18(8-3)9-4)16(19)14-10-12-15(20-5)13-11-14/h10-13,16,19H,6-9H2,1-5H3. The highest BCUT2D eigenvalue weighted by molar-refractivity contribution is 5.30. The van der Waals surface area contributed by atoms with E-state index < -0.39 is 6.10 Å². The van der Waals surface area contributed by atoms with Gasteiger partial charge >= 0.3 is 0 Å². The first kappa shape index (κ1) is 17.0. The molecule has 1 unspecified atom stereocenters. The average Bonchev–Trinajstić information content (AvgIpc) is 2.52. The highest BCUT2D eigenvalue weighted by Gasteiger charge is 2.39. The van der Waals surface area contributed by atoms with E-state index in [-0.39, 0.29) is 5.54 Å². The van der Waals surface area contributed by atoms with E-state index in [9.17, 15) is 5.11 Å². The molecule has 20 heavy (non-hydrogen) atoms. The number of hydrogen-bond acceptors (Lipinski definition) is 3. The van der Waals surface area contributed by atoms with E-state index in [1.54, 1.807) is 7.11 Å². The number of likely N-dealkylation sites (N-methyl/N-ethyl adjacent to an activating group) is 1. The van der Waals surface area contributed by atoms with Crippen molar-refractivity contribution in [2.45, 2.75) is 52.2 Å². The summed E-state index contributed by atoms with van der Waals surface area (Å²) >= 11 is 0. The molecule has 1 rings (SSSR count). The molecular formula is C17H29NO2. The lowest BCUT2D eigenvalue weighted by atomic mass is 9.81. The number of benzene rings is 1. The van der Waals surface area contributed by atoms with Gasteiger partial charge in [0.1, 0.15) is 5.75 Å². The van der Waals surface area contributed by atoms with Crippen LogP contribution >= 0.6 is 0 Å². The minimum Gasteiger partial charge on any atom is -0.497 e. The van der Waals surface area contributed by atoms with Crippen molar-refractivity contribution in [3.05, 3.63) is 29.8 Å². The summed E-state index contributed by atoms with van der Waals surface area (Å²) in [4.78, 5) is 2.38. The Morgan fingerprint density at radius 2 is 1.55 bits per heavy atom. The van der Waals surface area contributed by atoms with E-state index >= 15 is 0 Å². The van der Waals surface area contributed by atoms with Gasteiger partial charge in [-0.2, -0.15) is 0 Å². The fourth-order valence-electron chi connectivity index (χ4n) is 3.21. The molecule has 0 bridgehead atoms. The molecule has 0 saturated carbocycles. The first-order valence-electron chi connectivity index (χ1n) is 7.66. The van der Waals surface area contributed by atoms with Gasteiger partial charge in [0.2, 0.25) is 0 Å². The van der Waals surface area contributed by atoms with Crippen molar-refractivity contribution in [1.29, 1.82) is 0 Å². The molecule has 0 spiro atoms. The maximum Gasteiger partial charge on any atom is 0.118 e. The van der Waals surface area contributed by atoms with E-state index in [0.717, 1.165) is 37.2 Å². The fourth-order valence-corrected chi connectivity index (χ4v) is 3.21. The van der Waals surface area contributed by atoms with E-state index in [1.807, 2.05) is 24.3 Å². The molecule has 0 fully saturated rings. The largest absolute Gasteiger partial charge is 0.497 e. The van der Waals surface area contributed by atoms with Crippen LogP contribution in [0.2, 0.25) is 0 Å². The van der Waals surface area contributed by atoms with Crippen LogP contribution in [0.25, 0.3) is 0 Å². The molecule has 1 N–H and O–H groups in total. The second kappa shape index (κ2) is 7.65. The van der Waals surface area contributed by atoms with Crippen molar-refractivity contribution in [1.82, 2.24) is 4.90 Å². The third-order valence-electron chi connectivity index (χ3n) is 4.56. The SMILES string of the molecule is CCN(CC)C(CC)(CC)C(O)c1ccc(OC)cc1. The minimum atomic E-state index is -0.483. The molecule has 1 atom stereocenters.